The van der Waals surface area contributed by atoms with Gasteiger partial charge in [-0.2, -0.15) is 0 Å². The Bertz CT molecular complexity index is 459. The van der Waals surface area contributed by atoms with Gasteiger partial charge in [-0.15, -0.1) is 0 Å². The van der Waals surface area contributed by atoms with Crippen LogP contribution in [0.5, 0.6) is 5.75 Å². The van der Waals surface area contributed by atoms with E-state index in [0.717, 1.165) is 23.3 Å². The lowest BCUT2D eigenvalue weighted by Crippen LogP contribution is -2.31. The fourth-order valence-corrected chi connectivity index (χ4v) is 2.40. The summed E-state index contributed by atoms with van der Waals surface area (Å²) in [5, 5.41) is 2.86. The molecule has 0 saturated heterocycles. The normalized spacial score (nSPS) is 12.3. The summed E-state index contributed by atoms with van der Waals surface area (Å²) in [5.41, 5.74) is 9.25. The summed E-state index contributed by atoms with van der Waals surface area (Å²) in [6, 6.07) is 4.54. The topological polar surface area (TPSA) is 64.3 Å². The van der Waals surface area contributed by atoms with E-state index in [1.165, 1.54) is 5.56 Å². The van der Waals surface area contributed by atoms with Crippen molar-refractivity contribution in [2.45, 2.75) is 59.5 Å². The Morgan fingerprint density at radius 3 is 2.29 bits per heavy atom. The minimum atomic E-state index is 0.0221. The molecular formula is C17H28N2O2. The van der Waals surface area contributed by atoms with E-state index >= 15 is 0 Å². The number of carbonyl (C=O) groups is 1. The summed E-state index contributed by atoms with van der Waals surface area (Å²) >= 11 is 0. The van der Waals surface area contributed by atoms with E-state index in [1.54, 1.807) is 0 Å². The van der Waals surface area contributed by atoms with Crippen molar-refractivity contribution in [3.05, 3.63) is 28.8 Å². The van der Waals surface area contributed by atoms with Crippen molar-refractivity contribution >= 4 is 5.91 Å². The van der Waals surface area contributed by atoms with Crippen LogP contribution in [0.2, 0.25) is 0 Å². The van der Waals surface area contributed by atoms with E-state index in [9.17, 15) is 4.79 Å². The molecule has 1 aromatic carbocycles. The molecule has 1 aromatic rings. The molecule has 0 fully saturated rings. The van der Waals surface area contributed by atoms with Gasteiger partial charge in [-0.3, -0.25) is 4.79 Å². The van der Waals surface area contributed by atoms with E-state index < -0.39 is 0 Å². The lowest BCUT2D eigenvalue weighted by Gasteiger charge is -2.15. The predicted octanol–water partition coefficient (Wildman–Crippen LogP) is 2.49. The van der Waals surface area contributed by atoms with Crippen LogP contribution in [0.3, 0.4) is 0 Å². The third-order valence-corrected chi connectivity index (χ3v) is 3.10. The van der Waals surface area contributed by atoms with Crippen molar-refractivity contribution in [2.75, 3.05) is 6.61 Å². The highest BCUT2D eigenvalue weighted by atomic mass is 16.5. The Labute approximate surface area is 128 Å². The Morgan fingerprint density at radius 1 is 1.24 bits per heavy atom. The summed E-state index contributed by atoms with van der Waals surface area (Å²) < 4.78 is 5.79. The third-order valence-electron chi connectivity index (χ3n) is 3.10. The van der Waals surface area contributed by atoms with Crippen LogP contribution in [0.25, 0.3) is 0 Å². The number of aryl methyl sites for hydroxylation is 2. The maximum atomic E-state index is 11.6. The van der Waals surface area contributed by atoms with Gasteiger partial charge in [-0.1, -0.05) is 12.1 Å². The van der Waals surface area contributed by atoms with Crippen molar-refractivity contribution in [3.63, 3.8) is 0 Å². The molecule has 0 spiro atoms. The van der Waals surface area contributed by atoms with Gasteiger partial charge in [0.15, 0.2) is 0 Å². The van der Waals surface area contributed by atoms with Crippen molar-refractivity contribution in [2.24, 2.45) is 5.73 Å². The van der Waals surface area contributed by atoms with Gasteiger partial charge < -0.3 is 15.8 Å². The van der Waals surface area contributed by atoms with E-state index in [4.69, 9.17) is 10.5 Å². The average molecular weight is 292 g/mol. The second-order valence-corrected chi connectivity index (χ2v) is 6.06. The minimum Gasteiger partial charge on any atom is -0.493 e. The molecule has 0 radical (unpaired) electrons. The van der Waals surface area contributed by atoms with Crippen LogP contribution in [-0.2, 0) is 11.2 Å². The number of hydrogen-bond donors (Lipinski definition) is 2. The van der Waals surface area contributed by atoms with E-state index in [-0.39, 0.29) is 18.0 Å². The first-order valence-corrected chi connectivity index (χ1v) is 7.57. The number of nitrogens with two attached hydrogens (primary N) is 1. The Kier molecular flexibility index (Phi) is 6.69. The van der Waals surface area contributed by atoms with Crippen LogP contribution in [0.15, 0.2) is 12.1 Å². The van der Waals surface area contributed by atoms with Crippen molar-refractivity contribution in [3.8, 4) is 5.75 Å². The molecule has 0 aliphatic rings. The quantitative estimate of drug-likeness (QED) is 0.811. The van der Waals surface area contributed by atoms with Gasteiger partial charge in [-0.25, -0.2) is 0 Å². The summed E-state index contributed by atoms with van der Waals surface area (Å²) in [4.78, 5) is 11.6. The van der Waals surface area contributed by atoms with Crippen LogP contribution in [0.4, 0.5) is 0 Å². The highest BCUT2D eigenvalue weighted by Gasteiger charge is 2.09. The molecule has 1 rings (SSSR count). The molecule has 0 bridgehead atoms. The number of hydrogen-bond acceptors (Lipinski definition) is 3. The number of rotatable bonds is 7. The number of amides is 1. The lowest BCUT2D eigenvalue weighted by molar-refractivity contribution is -0.122. The molecule has 0 heterocycles. The van der Waals surface area contributed by atoms with Crippen molar-refractivity contribution < 1.29 is 9.53 Å². The zero-order valence-electron chi connectivity index (χ0n) is 13.8. The molecule has 4 nitrogen and oxygen atoms in total. The molecule has 118 valence electrons. The second kappa shape index (κ2) is 8.03. The molecule has 1 unspecified atom stereocenters. The predicted molar refractivity (Wildman–Crippen MR) is 86.7 cm³/mol. The van der Waals surface area contributed by atoms with E-state index in [0.29, 0.717) is 13.0 Å². The fourth-order valence-electron chi connectivity index (χ4n) is 2.40. The van der Waals surface area contributed by atoms with Crippen LogP contribution < -0.4 is 15.8 Å². The Balaban J connectivity index is 2.61. The van der Waals surface area contributed by atoms with E-state index in [2.05, 4.69) is 17.4 Å². The smallest absolute Gasteiger partial charge is 0.223 e. The number of benzene rings is 1. The van der Waals surface area contributed by atoms with Crippen LogP contribution in [0, 0.1) is 13.8 Å². The molecular weight excluding hydrogens is 264 g/mol. The highest BCUT2D eigenvalue weighted by Crippen LogP contribution is 2.25. The number of nitrogens with one attached hydrogen (secondary N) is 1. The number of carbonyl (C=O) groups excluding carboxylic acids is 1. The maximum Gasteiger partial charge on any atom is 0.223 e. The largest absolute Gasteiger partial charge is 0.493 e. The van der Waals surface area contributed by atoms with Gasteiger partial charge >= 0.3 is 0 Å². The van der Waals surface area contributed by atoms with Gasteiger partial charge in [0, 0.05) is 12.1 Å². The Hall–Kier alpha value is -1.55. The monoisotopic (exact) mass is 292 g/mol. The van der Waals surface area contributed by atoms with Gasteiger partial charge in [-0.05, 0) is 57.7 Å². The maximum absolute atomic E-state index is 11.6. The minimum absolute atomic E-state index is 0.0221. The molecule has 21 heavy (non-hydrogen) atoms. The third kappa shape index (κ3) is 6.17. The molecule has 0 saturated carbocycles. The zero-order valence-corrected chi connectivity index (χ0v) is 13.8. The molecule has 4 heteroatoms. The summed E-state index contributed by atoms with van der Waals surface area (Å²) in [6.07, 6.45) is 1.23. The summed E-state index contributed by atoms with van der Waals surface area (Å²) in [5.74, 6) is 0.898. The standard InChI is InChI=1S/C17H28N2O2/c1-11(2)19-16(20)6-7-21-17-12(3)8-15(9-13(17)4)10-14(5)18/h8-9,11,14H,6-7,10,18H2,1-5H3,(H,19,20). The SMILES string of the molecule is Cc1cc(CC(C)N)cc(C)c1OCCC(=O)NC(C)C. The fraction of sp³-hybridized carbons (Fsp3) is 0.588. The van der Waals surface area contributed by atoms with Gasteiger partial charge in [0.2, 0.25) is 5.91 Å². The average Bonchev–Trinajstić information content (AvgIpc) is 2.30. The molecule has 1 atom stereocenters. The first-order chi connectivity index (χ1) is 9.79. The Morgan fingerprint density at radius 2 is 1.81 bits per heavy atom. The van der Waals surface area contributed by atoms with Gasteiger partial charge in [0.1, 0.15) is 5.75 Å². The van der Waals surface area contributed by atoms with Gasteiger partial charge in [0.25, 0.3) is 0 Å². The first kappa shape index (κ1) is 17.5. The molecule has 0 aliphatic heterocycles. The zero-order chi connectivity index (χ0) is 16.0. The van der Waals surface area contributed by atoms with E-state index in [1.807, 2.05) is 34.6 Å². The second-order valence-electron chi connectivity index (χ2n) is 6.06. The molecule has 3 N–H and O–H groups in total. The lowest BCUT2D eigenvalue weighted by atomic mass is 10.0. The van der Waals surface area contributed by atoms with Crippen molar-refractivity contribution in [1.82, 2.24) is 5.32 Å². The molecule has 0 aromatic heterocycles. The number of ether oxygens (including phenoxy) is 1. The summed E-state index contributed by atoms with van der Waals surface area (Å²) in [6.45, 7) is 10.4. The van der Waals surface area contributed by atoms with Crippen LogP contribution >= 0.6 is 0 Å². The summed E-state index contributed by atoms with van der Waals surface area (Å²) in [7, 11) is 0. The van der Waals surface area contributed by atoms with Gasteiger partial charge in [0.05, 0.1) is 13.0 Å². The first-order valence-electron chi connectivity index (χ1n) is 7.57. The van der Waals surface area contributed by atoms with Crippen LogP contribution in [0.1, 0.15) is 43.9 Å². The highest BCUT2D eigenvalue weighted by molar-refractivity contribution is 5.76. The molecule has 1 amide bonds. The van der Waals surface area contributed by atoms with Crippen LogP contribution in [-0.4, -0.2) is 24.6 Å². The molecule has 0 aliphatic carbocycles. The van der Waals surface area contributed by atoms with Crippen molar-refractivity contribution in [1.29, 1.82) is 0 Å².